The van der Waals surface area contributed by atoms with Crippen LogP contribution in [-0.4, -0.2) is 52.6 Å². The summed E-state index contributed by atoms with van der Waals surface area (Å²) in [6, 6.07) is -0.130. The van der Waals surface area contributed by atoms with Crippen LogP contribution in [0.4, 0.5) is 4.79 Å². The molecule has 2 heterocycles. The maximum absolute atomic E-state index is 11.8. The summed E-state index contributed by atoms with van der Waals surface area (Å²) < 4.78 is 0. The van der Waals surface area contributed by atoms with Gasteiger partial charge in [-0.2, -0.15) is 0 Å². The first-order valence-corrected chi connectivity index (χ1v) is 7.13. The summed E-state index contributed by atoms with van der Waals surface area (Å²) in [5.74, 6) is -1.51. The van der Waals surface area contributed by atoms with E-state index < -0.39 is 12.0 Å². The van der Waals surface area contributed by atoms with Gasteiger partial charge in [0.05, 0.1) is 12.5 Å². The van der Waals surface area contributed by atoms with Gasteiger partial charge in [-0.15, -0.1) is 0 Å². The van der Waals surface area contributed by atoms with Gasteiger partial charge in [0.1, 0.15) is 0 Å². The molecule has 3 amide bonds. The third-order valence-electron chi connectivity index (χ3n) is 4.49. The van der Waals surface area contributed by atoms with Crippen molar-refractivity contribution in [1.29, 1.82) is 0 Å². The van der Waals surface area contributed by atoms with E-state index in [1.165, 1.54) is 0 Å². The summed E-state index contributed by atoms with van der Waals surface area (Å²) in [5, 5.41) is 14.2. The number of carboxylic acids is 1. The highest BCUT2D eigenvalue weighted by Gasteiger charge is 2.49. The zero-order valence-electron chi connectivity index (χ0n) is 11.2. The summed E-state index contributed by atoms with van der Waals surface area (Å²) in [6.45, 7) is 0.108. The number of nitrogens with one attached hydrogen (secondary N) is 2. The minimum atomic E-state index is -0.783. The fourth-order valence-corrected chi connectivity index (χ4v) is 3.39. The van der Waals surface area contributed by atoms with Crippen LogP contribution in [0.2, 0.25) is 0 Å². The third-order valence-corrected chi connectivity index (χ3v) is 4.49. The summed E-state index contributed by atoms with van der Waals surface area (Å²) in [6.07, 6.45) is 4.32. The van der Waals surface area contributed by atoms with Gasteiger partial charge in [0.25, 0.3) is 0 Å². The average Bonchev–Trinajstić information content (AvgIpc) is 3.03. The van der Waals surface area contributed by atoms with E-state index in [9.17, 15) is 14.4 Å². The maximum Gasteiger partial charge on any atom is 0.321 e. The highest BCUT2D eigenvalue weighted by Crippen LogP contribution is 2.41. The molecule has 3 unspecified atom stereocenters. The van der Waals surface area contributed by atoms with E-state index in [1.807, 2.05) is 4.90 Å². The van der Waals surface area contributed by atoms with Crippen molar-refractivity contribution in [2.75, 3.05) is 6.54 Å². The second-order valence-corrected chi connectivity index (χ2v) is 5.95. The first-order chi connectivity index (χ1) is 9.54. The van der Waals surface area contributed by atoms with E-state index in [4.69, 9.17) is 5.11 Å². The largest absolute Gasteiger partial charge is 0.481 e. The van der Waals surface area contributed by atoms with Gasteiger partial charge in [0.2, 0.25) is 5.91 Å². The van der Waals surface area contributed by atoms with Gasteiger partial charge in [0, 0.05) is 18.1 Å². The predicted octanol–water partition coefficient (Wildman–Crippen LogP) is -0.0879. The third kappa shape index (κ3) is 2.63. The number of rotatable bonds is 4. The molecule has 0 aromatic carbocycles. The molecule has 1 aliphatic carbocycles. The van der Waals surface area contributed by atoms with Gasteiger partial charge >= 0.3 is 12.0 Å². The fraction of sp³-hybridized carbons (Fsp3) is 0.769. The lowest BCUT2D eigenvalue weighted by Gasteiger charge is -2.21. The number of hydrogen-bond donors (Lipinski definition) is 3. The lowest BCUT2D eigenvalue weighted by Crippen LogP contribution is -2.46. The molecule has 7 heteroatoms. The molecule has 3 atom stereocenters. The van der Waals surface area contributed by atoms with E-state index in [2.05, 4.69) is 10.6 Å². The van der Waals surface area contributed by atoms with E-state index in [0.29, 0.717) is 6.42 Å². The van der Waals surface area contributed by atoms with Crippen molar-refractivity contribution >= 4 is 17.9 Å². The molecule has 3 aliphatic rings. The van der Waals surface area contributed by atoms with Gasteiger partial charge < -0.3 is 10.4 Å². The van der Waals surface area contributed by atoms with E-state index in [1.54, 1.807) is 0 Å². The van der Waals surface area contributed by atoms with Crippen LogP contribution in [0.3, 0.4) is 0 Å². The molecule has 3 rings (SSSR count). The highest BCUT2D eigenvalue weighted by atomic mass is 16.4. The number of carbonyl (C=O) groups excluding carboxylic acids is 2. The van der Waals surface area contributed by atoms with Crippen LogP contribution < -0.4 is 10.6 Å². The topological polar surface area (TPSA) is 98.7 Å². The molecule has 0 spiro atoms. The van der Waals surface area contributed by atoms with Crippen LogP contribution in [0.15, 0.2) is 0 Å². The average molecular weight is 281 g/mol. The number of fused-ring (bicyclic) bond motifs is 2. The molecule has 3 fully saturated rings. The predicted molar refractivity (Wildman–Crippen MR) is 69.0 cm³/mol. The second kappa shape index (κ2) is 5.05. The number of nitrogens with zero attached hydrogens (tertiary/aromatic N) is 1. The fourth-order valence-electron chi connectivity index (χ4n) is 3.39. The van der Waals surface area contributed by atoms with Crippen molar-refractivity contribution in [2.45, 2.75) is 50.2 Å². The summed E-state index contributed by atoms with van der Waals surface area (Å²) in [7, 11) is 0. The Labute approximate surface area is 116 Å². The molecule has 0 aromatic rings. The first-order valence-electron chi connectivity index (χ1n) is 7.13. The Morgan fingerprint density at radius 2 is 1.90 bits per heavy atom. The van der Waals surface area contributed by atoms with Gasteiger partial charge in [0.15, 0.2) is 0 Å². The molecule has 3 N–H and O–H groups in total. The molecule has 1 saturated carbocycles. The molecule has 0 radical (unpaired) electrons. The summed E-state index contributed by atoms with van der Waals surface area (Å²) >= 11 is 0. The van der Waals surface area contributed by atoms with Crippen LogP contribution >= 0.6 is 0 Å². The van der Waals surface area contributed by atoms with E-state index >= 15 is 0 Å². The molecule has 2 aliphatic heterocycles. The SMILES string of the molecule is O=C(CN1C2CCC1C(C(=O)O)C2)NC(=O)NC1CC1. The van der Waals surface area contributed by atoms with Crippen molar-refractivity contribution < 1.29 is 19.5 Å². The lowest BCUT2D eigenvalue weighted by atomic mass is 9.89. The molecular formula is C13H19N3O4. The number of amides is 3. The molecule has 2 bridgehead atoms. The number of carbonyl (C=O) groups is 3. The Morgan fingerprint density at radius 3 is 2.50 bits per heavy atom. The van der Waals surface area contributed by atoms with Crippen molar-refractivity contribution in [3.05, 3.63) is 0 Å². The second-order valence-electron chi connectivity index (χ2n) is 5.95. The quantitative estimate of drug-likeness (QED) is 0.669. The molecule has 20 heavy (non-hydrogen) atoms. The Hall–Kier alpha value is -1.63. The summed E-state index contributed by atoms with van der Waals surface area (Å²) in [5.41, 5.74) is 0. The first kappa shape index (κ1) is 13.4. The molecule has 2 saturated heterocycles. The minimum Gasteiger partial charge on any atom is -0.481 e. The number of aliphatic carboxylic acids is 1. The van der Waals surface area contributed by atoms with Crippen LogP contribution in [-0.2, 0) is 9.59 Å². The van der Waals surface area contributed by atoms with Crippen molar-refractivity contribution in [3.63, 3.8) is 0 Å². The number of carboxylic acid groups (broad SMARTS) is 1. The molecule has 110 valence electrons. The Balaban J connectivity index is 1.51. The Kier molecular flexibility index (Phi) is 3.37. The Morgan fingerprint density at radius 1 is 1.15 bits per heavy atom. The monoisotopic (exact) mass is 281 g/mol. The molecule has 7 nitrogen and oxygen atoms in total. The number of imide groups is 1. The lowest BCUT2D eigenvalue weighted by molar-refractivity contribution is -0.143. The highest BCUT2D eigenvalue weighted by molar-refractivity contribution is 5.95. The minimum absolute atomic E-state index is 0.0604. The Bertz CT molecular complexity index is 449. The van der Waals surface area contributed by atoms with Crippen LogP contribution in [0.1, 0.15) is 32.1 Å². The van der Waals surface area contributed by atoms with Crippen LogP contribution in [0.25, 0.3) is 0 Å². The van der Waals surface area contributed by atoms with Crippen molar-refractivity contribution in [1.82, 2.24) is 15.5 Å². The zero-order chi connectivity index (χ0) is 14.3. The molecule has 0 aromatic heterocycles. The standard InChI is InChI=1S/C13H19N3O4/c17-11(15-13(20)14-7-1-2-7)6-16-8-3-4-10(16)9(5-8)12(18)19/h7-10H,1-6H2,(H,18,19)(H2,14,15,17,20). The van der Waals surface area contributed by atoms with Crippen molar-refractivity contribution in [3.8, 4) is 0 Å². The van der Waals surface area contributed by atoms with Gasteiger partial charge in [-0.3, -0.25) is 19.8 Å². The van der Waals surface area contributed by atoms with Gasteiger partial charge in [-0.1, -0.05) is 0 Å². The zero-order valence-corrected chi connectivity index (χ0v) is 11.2. The van der Waals surface area contributed by atoms with Crippen molar-refractivity contribution in [2.24, 2.45) is 5.92 Å². The van der Waals surface area contributed by atoms with Crippen LogP contribution in [0, 0.1) is 5.92 Å². The number of urea groups is 1. The normalized spacial score (nSPS) is 32.1. The molecular weight excluding hydrogens is 262 g/mol. The van der Waals surface area contributed by atoms with Gasteiger partial charge in [-0.25, -0.2) is 4.79 Å². The van der Waals surface area contributed by atoms with E-state index in [0.717, 1.165) is 25.7 Å². The summed E-state index contributed by atoms with van der Waals surface area (Å²) in [4.78, 5) is 36.4. The van der Waals surface area contributed by atoms with Crippen LogP contribution in [0.5, 0.6) is 0 Å². The maximum atomic E-state index is 11.8. The van der Waals surface area contributed by atoms with Gasteiger partial charge in [-0.05, 0) is 32.1 Å². The van der Waals surface area contributed by atoms with E-state index in [-0.39, 0.29) is 36.5 Å². The smallest absolute Gasteiger partial charge is 0.321 e. The number of hydrogen-bond acceptors (Lipinski definition) is 4.